The molecule has 6 rings (SSSR count). The highest BCUT2D eigenvalue weighted by Crippen LogP contribution is 2.41. The molecule has 0 N–H and O–H groups in total. The number of benzene rings is 4. The SMILES string of the molecule is COc1ccc(N(c2ccc(OC)cc2)c2ccc(C=N/C(C#N)=C(\C#N)N=Cc3ccc(N(c4ccc(OC)cc4)c4ccc(OC)cc4)s3)s2)cc1. The first-order valence-corrected chi connectivity index (χ1v) is 18.1. The van der Waals surface area contributed by atoms with Gasteiger partial charge >= 0.3 is 0 Å². The zero-order valence-corrected chi connectivity index (χ0v) is 31.5. The highest BCUT2D eigenvalue weighted by atomic mass is 32.1. The molecule has 0 saturated carbocycles. The van der Waals surface area contributed by atoms with Crippen LogP contribution in [0.25, 0.3) is 0 Å². The fourth-order valence-electron chi connectivity index (χ4n) is 5.34. The number of nitrogens with zero attached hydrogens (tertiary/aromatic N) is 6. The smallest absolute Gasteiger partial charge is 0.177 e. The van der Waals surface area contributed by atoms with Gasteiger partial charge in [-0.05, 0) is 121 Å². The van der Waals surface area contributed by atoms with Crippen LogP contribution in [-0.2, 0) is 0 Å². The van der Waals surface area contributed by atoms with Crippen molar-refractivity contribution in [2.75, 3.05) is 38.2 Å². The van der Waals surface area contributed by atoms with Crippen LogP contribution in [0.5, 0.6) is 23.0 Å². The van der Waals surface area contributed by atoms with Crippen LogP contribution in [0.15, 0.2) is 143 Å². The molecule has 2 aromatic heterocycles. The van der Waals surface area contributed by atoms with E-state index in [1.807, 2.05) is 133 Å². The summed E-state index contributed by atoms with van der Waals surface area (Å²) in [5, 5.41) is 21.8. The standard InChI is InChI=1S/C42H34N6O4S2/c1-49-33-13-5-29(6-14-33)47(30-7-15-34(50-2)16-8-30)41-23-21-37(53-41)27-45-39(25-43)40(26-44)46-28-38-22-24-42(54-38)48(31-9-17-35(51-3)18-10-31)32-11-19-36(52-4)20-12-32/h5-24,27-28H,1-4H3/b40-39+,45-27?,46-28?. The number of anilines is 6. The van der Waals surface area contributed by atoms with E-state index in [1.165, 1.54) is 22.7 Å². The van der Waals surface area contributed by atoms with Crippen molar-refractivity contribution in [2.24, 2.45) is 9.98 Å². The minimum atomic E-state index is -0.0965. The van der Waals surface area contributed by atoms with Crippen molar-refractivity contribution in [3.63, 3.8) is 0 Å². The lowest BCUT2D eigenvalue weighted by atomic mass is 10.2. The highest BCUT2D eigenvalue weighted by Gasteiger charge is 2.17. The molecule has 0 amide bonds. The largest absolute Gasteiger partial charge is 0.497 e. The van der Waals surface area contributed by atoms with Gasteiger partial charge in [-0.1, -0.05) is 0 Å². The van der Waals surface area contributed by atoms with Gasteiger partial charge in [0.2, 0.25) is 0 Å². The van der Waals surface area contributed by atoms with E-state index in [2.05, 4.69) is 19.8 Å². The second-order valence-corrected chi connectivity index (χ2v) is 13.4. The van der Waals surface area contributed by atoms with Crippen LogP contribution in [0.3, 0.4) is 0 Å². The molecular weight excluding hydrogens is 717 g/mol. The van der Waals surface area contributed by atoms with Gasteiger partial charge in [-0.2, -0.15) is 10.5 Å². The van der Waals surface area contributed by atoms with Crippen molar-refractivity contribution >= 4 is 67.9 Å². The maximum Gasteiger partial charge on any atom is 0.177 e. The zero-order chi connectivity index (χ0) is 37.9. The molecule has 0 aliphatic carbocycles. The van der Waals surface area contributed by atoms with E-state index in [9.17, 15) is 10.5 Å². The van der Waals surface area contributed by atoms with Crippen molar-refractivity contribution in [2.45, 2.75) is 0 Å². The van der Waals surface area contributed by atoms with E-state index in [0.717, 1.165) is 65.5 Å². The molecular formula is C42H34N6O4S2. The zero-order valence-electron chi connectivity index (χ0n) is 29.8. The van der Waals surface area contributed by atoms with Crippen LogP contribution in [0, 0.1) is 22.7 Å². The predicted molar refractivity (Wildman–Crippen MR) is 218 cm³/mol. The lowest BCUT2D eigenvalue weighted by Crippen LogP contribution is -2.08. The van der Waals surface area contributed by atoms with Gasteiger partial charge in [-0.15, -0.1) is 22.7 Å². The Morgan fingerprint density at radius 1 is 0.463 bits per heavy atom. The number of ether oxygens (including phenoxy) is 4. The molecule has 4 aromatic carbocycles. The summed E-state index contributed by atoms with van der Waals surface area (Å²) in [6.07, 6.45) is 3.15. The Bertz CT molecular complexity index is 2090. The van der Waals surface area contributed by atoms with Gasteiger partial charge < -0.3 is 28.7 Å². The molecule has 6 aromatic rings. The van der Waals surface area contributed by atoms with Crippen LogP contribution >= 0.6 is 22.7 Å². The lowest BCUT2D eigenvalue weighted by molar-refractivity contribution is 0.414. The van der Waals surface area contributed by atoms with Crippen molar-refractivity contribution in [3.05, 3.63) is 142 Å². The number of methoxy groups -OCH3 is 4. The second kappa shape index (κ2) is 17.6. The van der Waals surface area contributed by atoms with Gasteiger partial charge in [0.05, 0.1) is 28.4 Å². The average molecular weight is 751 g/mol. The number of rotatable bonds is 14. The molecule has 0 saturated heterocycles. The molecule has 10 nitrogen and oxygen atoms in total. The first-order valence-electron chi connectivity index (χ1n) is 16.5. The van der Waals surface area contributed by atoms with E-state index in [-0.39, 0.29) is 11.4 Å². The quantitative estimate of drug-likeness (QED) is 0.0798. The summed E-state index contributed by atoms with van der Waals surface area (Å²) in [6.45, 7) is 0. The van der Waals surface area contributed by atoms with Crippen LogP contribution in [0.4, 0.5) is 32.8 Å². The summed E-state index contributed by atoms with van der Waals surface area (Å²) in [5.74, 6) is 3.01. The normalized spacial score (nSPS) is 11.4. The Balaban J connectivity index is 1.25. The molecule has 54 heavy (non-hydrogen) atoms. The van der Waals surface area contributed by atoms with Crippen molar-refractivity contribution in [1.29, 1.82) is 10.5 Å². The second-order valence-electron chi connectivity index (χ2n) is 11.3. The molecule has 0 bridgehead atoms. The number of hydrogen-bond acceptors (Lipinski definition) is 12. The number of thiophene rings is 2. The van der Waals surface area contributed by atoms with Crippen LogP contribution in [-0.4, -0.2) is 40.9 Å². The summed E-state index contributed by atoms with van der Waals surface area (Å²) >= 11 is 2.96. The third-order valence-corrected chi connectivity index (χ3v) is 10.1. The molecule has 0 aliphatic heterocycles. The van der Waals surface area contributed by atoms with E-state index in [1.54, 1.807) is 40.9 Å². The number of nitriles is 2. The van der Waals surface area contributed by atoms with Gasteiger partial charge in [0.15, 0.2) is 11.4 Å². The molecule has 0 radical (unpaired) electrons. The van der Waals surface area contributed by atoms with Crippen molar-refractivity contribution in [3.8, 4) is 35.1 Å². The van der Waals surface area contributed by atoms with Gasteiger partial charge in [-0.25, -0.2) is 9.98 Å². The van der Waals surface area contributed by atoms with Gasteiger partial charge in [0.25, 0.3) is 0 Å². The Hall–Kier alpha value is -6.86. The minimum Gasteiger partial charge on any atom is -0.497 e. The lowest BCUT2D eigenvalue weighted by Gasteiger charge is -2.24. The third-order valence-electron chi connectivity index (χ3n) is 8.07. The van der Waals surface area contributed by atoms with Crippen LogP contribution in [0.2, 0.25) is 0 Å². The fraction of sp³-hybridized carbons (Fsp3) is 0.0952. The van der Waals surface area contributed by atoms with E-state index < -0.39 is 0 Å². The fourth-order valence-corrected chi connectivity index (χ4v) is 7.18. The third kappa shape index (κ3) is 8.60. The topological polar surface area (TPSA) is 116 Å². The summed E-state index contributed by atoms with van der Waals surface area (Å²) in [5.41, 5.74) is 3.52. The molecule has 0 atom stereocenters. The summed E-state index contributed by atoms with van der Waals surface area (Å²) in [4.78, 5) is 14.6. The molecule has 0 fully saturated rings. The van der Waals surface area contributed by atoms with E-state index in [4.69, 9.17) is 18.9 Å². The Labute approximate surface area is 322 Å². The Morgan fingerprint density at radius 3 is 0.981 bits per heavy atom. The maximum absolute atomic E-state index is 9.99. The van der Waals surface area contributed by atoms with Crippen LogP contribution < -0.4 is 28.7 Å². The van der Waals surface area contributed by atoms with E-state index >= 15 is 0 Å². The van der Waals surface area contributed by atoms with Crippen LogP contribution in [0.1, 0.15) is 9.75 Å². The summed E-state index contributed by atoms with van der Waals surface area (Å²) in [6, 6.07) is 43.0. The molecule has 12 heteroatoms. The van der Waals surface area contributed by atoms with Gasteiger partial charge in [0, 0.05) is 44.9 Å². The minimum absolute atomic E-state index is 0.0965. The van der Waals surface area contributed by atoms with Crippen molar-refractivity contribution in [1.82, 2.24) is 0 Å². The summed E-state index contributed by atoms with van der Waals surface area (Å²) in [7, 11) is 6.54. The molecule has 0 aliphatic rings. The first kappa shape index (κ1) is 36.9. The molecule has 2 heterocycles. The van der Waals surface area contributed by atoms with Gasteiger partial charge in [0.1, 0.15) is 45.1 Å². The number of allylic oxidation sites excluding steroid dienone is 2. The predicted octanol–water partition coefficient (Wildman–Crippen LogP) is 10.6. The molecule has 0 spiro atoms. The van der Waals surface area contributed by atoms with Crippen molar-refractivity contribution < 1.29 is 18.9 Å². The Morgan fingerprint density at radius 2 is 0.741 bits per heavy atom. The first-order chi connectivity index (χ1) is 26.5. The molecule has 268 valence electrons. The summed E-state index contributed by atoms with van der Waals surface area (Å²) < 4.78 is 21.5. The Kier molecular flexibility index (Phi) is 12.0. The average Bonchev–Trinajstić information content (AvgIpc) is 3.90. The highest BCUT2D eigenvalue weighted by molar-refractivity contribution is 7.18. The monoisotopic (exact) mass is 750 g/mol. The molecule has 0 unspecified atom stereocenters. The maximum atomic E-state index is 9.99. The number of hydrogen-bond donors (Lipinski definition) is 0. The number of aliphatic imine (C=N–C) groups is 2. The van der Waals surface area contributed by atoms with E-state index in [0.29, 0.717) is 0 Å². The van der Waals surface area contributed by atoms with Gasteiger partial charge in [-0.3, -0.25) is 0 Å².